The summed E-state index contributed by atoms with van der Waals surface area (Å²) in [5.41, 5.74) is 1.14. The Morgan fingerprint density at radius 2 is 2.05 bits per heavy atom. The molecule has 0 aliphatic carbocycles. The number of aryl methyl sites for hydroxylation is 2. The zero-order valence-electron chi connectivity index (χ0n) is 11.6. The highest BCUT2D eigenvalue weighted by Gasteiger charge is 2.41. The fourth-order valence-corrected chi connectivity index (χ4v) is 1.95. The van der Waals surface area contributed by atoms with E-state index in [1.165, 1.54) is 0 Å². The first-order chi connectivity index (χ1) is 9.69. The van der Waals surface area contributed by atoms with Crippen molar-refractivity contribution in [2.24, 2.45) is 0 Å². The monoisotopic (exact) mass is 332 g/mol. The molecule has 0 fully saturated rings. The van der Waals surface area contributed by atoms with Gasteiger partial charge in [-0.15, -0.1) is 0 Å². The molecule has 0 saturated heterocycles. The largest absolute Gasteiger partial charge is 0.390 e. The highest BCUT2D eigenvalue weighted by atomic mass is 35.5. The van der Waals surface area contributed by atoms with Crippen LogP contribution in [-0.2, 0) is 17.7 Å². The van der Waals surface area contributed by atoms with Crippen LogP contribution in [0.25, 0.3) is 0 Å². The minimum atomic E-state index is -4.22. The Labute approximate surface area is 124 Å². The Morgan fingerprint density at radius 3 is 2.57 bits per heavy atom. The van der Waals surface area contributed by atoms with Crippen molar-refractivity contribution < 1.29 is 27.4 Å². The van der Waals surface area contributed by atoms with Crippen LogP contribution >= 0.6 is 11.6 Å². The Balaban J connectivity index is 2.53. The van der Waals surface area contributed by atoms with Gasteiger partial charge in [-0.2, -0.15) is 13.9 Å². The van der Waals surface area contributed by atoms with Gasteiger partial charge in [-0.1, -0.05) is 11.6 Å². The zero-order chi connectivity index (χ0) is 16.2. The number of hydrogen-bond acceptors (Lipinski definition) is 3. The predicted octanol–water partition coefficient (Wildman–Crippen LogP) is 2.69. The lowest BCUT2D eigenvalue weighted by Crippen LogP contribution is -2.34. The van der Waals surface area contributed by atoms with Crippen molar-refractivity contribution in [2.45, 2.75) is 45.3 Å². The second-order valence-electron chi connectivity index (χ2n) is 4.60. The van der Waals surface area contributed by atoms with Gasteiger partial charge in [0, 0.05) is 13.0 Å². The number of alkyl halides is 4. The van der Waals surface area contributed by atoms with E-state index >= 15 is 0 Å². The Morgan fingerprint density at radius 1 is 1.43 bits per heavy atom. The van der Waals surface area contributed by atoms with Gasteiger partial charge in [0.05, 0.1) is 29.1 Å². The molecule has 4 nitrogen and oxygen atoms in total. The SMILES string of the molecule is CCn1nc(C)c(Cl)c1CC(O)COCC(F)(F)C(F)F. The van der Waals surface area contributed by atoms with Crippen LogP contribution in [0.2, 0.25) is 5.02 Å². The molecule has 0 aliphatic heterocycles. The topological polar surface area (TPSA) is 47.3 Å². The number of aromatic nitrogens is 2. The van der Waals surface area contributed by atoms with E-state index in [4.69, 9.17) is 11.6 Å². The van der Waals surface area contributed by atoms with Gasteiger partial charge in [-0.05, 0) is 13.8 Å². The van der Waals surface area contributed by atoms with Crippen molar-refractivity contribution in [1.29, 1.82) is 0 Å². The van der Waals surface area contributed by atoms with Crippen molar-refractivity contribution in [3.63, 3.8) is 0 Å². The molecule has 9 heteroatoms. The smallest absolute Gasteiger partial charge is 0.330 e. The molecule has 1 atom stereocenters. The third-order valence-electron chi connectivity index (χ3n) is 2.81. The minimum Gasteiger partial charge on any atom is -0.390 e. The van der Waals surface area contributed by atoms with Crippen LogP contribution in [-0.4, -0.2) is 46.6 Å². The average Bonchev–Trinajstić information content (AvgIpc) is 2.66. The van der Waals surface area contributed by atoms with E-state index in [-0.39, 0.29) is 6.42 Å². The summed E-state index contributed by atoms with van der Waals surface area (Å²) in [6.07, 6.45) is -4.90. The molecular formula is C12H17ClF4N2O2. The van der Waals surface area contributed by atoms with Gasteiger partial charge in [0.25, 0.3) is 0 Å². The van der Waals surface area contributed by atoms with Crippen molar-refractivity contribution in [3.05, 3.63) is 16.4 Å². The van der Waals surface area contributed by atoms with Crippen molar-refractivity contribution in [2.75, 3.05) is 13.2 Å². The lowest BCUT2D eigenvalue weighted by Gasteiger charge is -2.17. The second-order valence-corrected chi connectivity index (χ2v) is 4.97. The molecule has 0 radical (unpaired) electrons. The number of aliphatic hydroxyl groups is 1. The summed E-state index contributed by atoms with van der Waals surface area (Å²) in [4.78, 5) is 0. The van der Waals surface area contributed by atoms with E-state index in [1.807, 2.05) is 6.92 Å². The number of halogens is 5. The number of ether oxygens (including phenoxy) is 1. The maximum absolute atomic E-state index is 12.6. The fourth-order valence-electron chi connectivity index (χ4n) is 1.74. The summed E-state index contributed by atoms with van der Waals surface area (Å²) in [5.74, 6) is -4.22. The van der Waals surface area contributed by atoms with Crippen LogP contribution in [0.5, 0.6) is 0 Å². The van der Waals surface area contributed by atoms with E-state index in [2.05, 4.69) is 9.84 Å². The van der Waals surface area contributed by atoms with Gasteiger partial charge in [0.15, 0.2) is 0 Å². The number of aliphatic hydroxyl groups excluding tert-OH is 1. The quantitative estimate of drug-likeness (QED) is 0.745. The standard InChI is InChI=1S/C12H17ClF4N2O2/c1-3-19-9(10(13)7(2)18-19)4-8(20)5-21-6-12(16,17)11(14)15/h8,11,20H,3-6H2,1-2H3. The fraction of sp³-hybridized carbons (Fsp3) is 0.750. The third kappa shape index (κ3) is 4.82. The normalized spacial score (nSPS) is 14.0. The zero-order valence-corrected chi connectivity index (χ0v) is 12.4. The van der Waals surface area contributed by atoms with E-state index in [9.17, 15) is 22.7 Å². The molecule has 0 amide bonds. The van der Waals surface area contributed by atoms with Gasteiger partial charge < -0.3 is 9.84 Å². The molecule has 1 aromatic heterocycles. The second kappa shape index (κ2) is 7.42. The van der Waals surface area contributed by atoms with Crippen LogP contribution in [0.1, 0.15) is 18.3 Å². The predicted molar refractivity (Wildman–Crippen MR) is 69.1 cm³/mol. The van der Waals surface area contributed by atoms with E-state index < -0.39 is 31.7 Å². The van der Waals surface area contributed by atoms with Gasteiger partial charge >= 0.3 is 12.3 Å². The van der Waals surface area contributed by atoms with E-state index in [0.29, 0.717) is 23.0 Å². The summed E-state index contributed by atoms with van der Waals surface area (Å²) in [7, 11) is 0. The molecule has 1 heterocycles. The number of rotatable bonds is 8. The highest BCUT2D eigenvalue weighted by Crippen LogP contribution is 2.24. The molecule has 0 aliphatic rings. The van der Waals surface area contributed by atoms with Gasteiger partial charge in [0.1, 0.15) is 6.61 Å². The van der Waals surface area contributed by atoms with Crippen molar-refractivity contribution >= 4 is 11.6 Å². The van der Waals surface area contributed by atoms with Crippen molar-refractivity contribution in [1.82, 2.24) is 9.78 Å². The van der Waals surface area contributed by atoms with Crippen LogP contribution in [0.3, 0.4) is 0 Å². The first-order valence-corrected chi connectivity index (χ1v) is 6.70. The molecule has 1 aromatic rings. The van der Waals surface area contributed by atoms with Crippen LogP contribution in [0, 0.1) is 6.92 Å². The summed E-state index contributed by atoms with van der Waals surface area (Å²) < 4.78 is 55.1. The average molecular weight is 333 g/mol. The van der Waals surface area contributed by atoms with Crippen LogP contribution in [0.4, 0.5) is 17.6 Å². The molecule has 122 valence electrons. The molecule has 1 rings (SSSR count). The Bertz CT molecular complexity index is 468. The Hall–Kier alpha value is -0.860. The van der Waals surface area contributed by atoms with Gasteiger partial charge in [-0.3, -0.25) is 4.68 Å². The number of hydrogen-bond donors (Lipinski definition) is 1. The molecule has 0 bridgehead atoms. The summed E-state index contributed by atoms with van der Waals surface area (Å²) in [5, 5.41) is 14.3. The molecule has 0 saturated carbocycles. The third-order valence-corrected chi connectivity index (χ3v) is 3.30. The summed E-state index contributed by atoms with van der Waals surface area (Å²) in [6.45, 7) is 2.12. The molecule has 21 heavy (non-hydrogen) atoms. The maximum Gasteiger partial charge on any atom is 0.330 e. The van der Waals surface area contributed by atoms with Gasteiger partial charge in [-0.25, -0.2) is 8.78 Å². The molecule has 1 N–H and O–H groups in total. The van der Waals surface area contributed by atoms with E-state index in [0.717, 1.165) is 0 Å². The Kier molecular flexibility index (Phi) is 6.42. The maximum atomic E-state index is 12.6. The first kappa shape index (κ1) is 18.2. The molecule has 1 unspecified atom stereocenters. The molecule has 0 spiro atoms. The first-order valence-electron chi connectivity index (χ1n) is 6.32. The minimum absolute atomic E-state index is 0.0355. The number of nitrogens with zero attached hydrogens (tertiary/aromatic N) is 2. The lowest BCUT2D eigenvalue weighted by molar-refractivity contribution is -0.170. The van der Waals surface area contributed by atoms with E-state index in [1.54, 1.807) is 11.6 Å². The molecule has 0 aromatic carbocycles. The summed E-state index contributed by atoms with van der Waals surface area (Å²) in [6, 6.07) is 0. The van der Waals surface area contributed by atoms with Crippen molar-refractivity contribution in [3.8, 4) is 0 Å². The van der Waals surface area contributed by atoms with Crippen LogP contribution in [0.15, 0.2) is 0 Å². The van der Waals surface area contributed by atoms with Gasteiger partial charge in [0.2, 0.25) is 0 Å². The molecular weight excluding hydrogens is 316 g/mol. The lowest BCUT2D eigenvalue weighted by atomic mass is 10.2. The van der Waals surface area contributed by atoms with Crippen LogP contribution < -0.4 is 0 Å². The highest BCUT2D eigenvalue weighted by molar-refractivity contribution is 6.31. The summed E-state index contributed by atoms with van der Waals surface area (Å²) >= 11 is 6.03.